The van der Waals surface area contributed by atoms with Crippen LogP contribution in [0.5, 0.6) is 0 Å². The summed E-state index contributed by atoms with van der Waals surface area (Å²) in [5, 5.41) is 16.8. The van der Waals surface area contributed by atoms with Crippen molar-refractivity contribution >= 4 is 52.3 Å². The van der Waals surface area contributed by atoms with Crippen LogP contribution in [0.2, 0.25) is 5.02 Å². The maximum atomic E-state index is 11.7. The minimum absolute atomic E-state index is 0.0150. The van der Waals surface area contributed by atoms with Crippen molar-refractivity contribution in [3.63, 3.8) is 0 Å². The molecule has 1 aromatic heterocycles. The fraction of sp³-hybridized carbons (Fsp3) is 0.0667. The van der Waals surface area contributed by atoms with E-state index in [-0.39, 0.29) is 16.4 Å². The van der Waals surface area contributed by atoms with Crippen molar-refractivity contribution in [3.05, 3.63) is 61.8 Å². The van der Waals surface area contributed by atoms with Gasteiger partial charge < -0.3 is 10.1 Å². The van der Waals surface area contributed by atoms with E-state index in [4.69, 9.17) is 16.3 Å². The summed E-state index contributed by atoms with van der Waals surface area (Å²) in [5.41, 5.74) is 0.860. The Balaban J connectivity index is 1.85. The molecule has 0 aliphatic carbocycles. The number of amides is 1. The Labute approximate surface area is 145 Å². The molecule has 1 aromatic carbocycles. The molecule has 0 saturated heterocycles. The van der Waals surface area contributed by atoms with Crippen molar-refractivity contribution in [3.8, 4) is 0 Å². The first kappa shape index (κ1) is 17.6. The second-order valence-electron chi connectivity index (χ2n) is 4.47. The van der Waals surface area contributed by atoms with Crippen molar-refractivity contribution in [1.29, 1.82) is 0 Å². The minimum Gasteiger partial charge on any atom is -0.452 e. The van der Waals surface area contributed by atoms with Gasteiger partial charge in [-0.2, -0.15) is 11.3 Å². The zero-order valence-corrected chi connectivity index (χ0v) is 13.7. The summed E-state index contributed by atoms with van der Waals surface area (Å²) in [6, 6.07) is 5.46. The fourth-order valence-corrected chi connectivity index (χ4v) is 2.47. The molecule has 2 rings (SSSR count). The van der Waals surface area contributed by atoms with Crippen LogP contribution >= 0.6 is 22.9 Å². The molecule has 1 amide bonds. The van der Waals surface area contributed by atoms with Crippen LogP contribution < -0.4 is 5.32 Å². The molecule has 0 radical (unpaired) electrons. The third-order valence-electron chi connectivity index (χ3n) is 2.74. The van der Waals surface area contributed by atoms with E-state index in [0.29, 0.717) is 0 Å². The minimum atomic E-state index is -0.661. The standard InChI is InChI=1S/C15H11ClN2O5S/c16-12-7-11(18(21)22)2-3-13(12)17-14(19)8-23-15(20)4-1-10-5-6-24-9-10/h1-7,9H,8H2,(H,17,19)/b4-1+. The number of non-ortho nitro benzene ring substituents is 1. The van der Waals surface area contributed by atoms with E-state index in [0.717, 1.165) is 11.6 Å². The van der Waals surface area contributed by atoms with E-state index in [1.165, 1.54) is 29.5 Å². The number of nitro groups is 1. The van der Waals surface area contributed by atoms with Gasteiger partial charge in [-0.3, -0.25) is 14.9 Å². The molecule has 0 saturated carbocycles. The number of nitrogens with one attached hydrogen (secondary N) is 1. The van der Waals surface area contributed by atoms with Gasteiger partial charge in [-0.15, -0.1) is 0 Å². The van der Waals surface area contributed by atoms with E-state index in [1.54, 1.807) is 6.08 Å². The number of carbonyl (C=O) groups excluding carboxylic acids is 2. The number of nitro benzene ring substituents is 1. The van der Waals surface area contributed by atoms with Gasteiger partial charge in [0.2, 0.25) is 0 Å². The van der Waals surface area contributed by atoms with Gasteiger partial charge in [-0.05, 0) is 34.5 Å². The normalized spacial score (nSPS) is 10.5. The Morgan fingerprint density at radius 2 is 2.17 bits per heavy atom. The Kier molecular flexibility index (Phi) is 6.05. The van der Waals surface area contributed by atoms with Crippen molar-refractivity contribution < 1.29 is 19.2 Å². The van der Waals surface area contributed by atoms with Gasteiger partial charge in [0.25, 0.3) is 11.6 Å². The topological polar surface area (TPSA) is 98.5 Å². The number of nitrogens with zero attached hydrogens (tertiary/aromatic N) is 1. The van der Waals surface area contributed by atoms with Crippen LogP contribution in [-0.4, -0.2) is 23.4 Å². The lowest BCUT2D eigenvalue weighted by atomic mass is 10.3. The molecule has 24 heavy (non-hydrogen) atoms. The van der Waals surface area contributed by atoms with Gasteiger partial charge in [0.15, 0.2) is 6.61 Å². The molecule has 0 unspecified atom stereocenters. The Morgan fingerprint density at radius 1 is 1.38 bits per heavy atom. The number of thiophene rings is 1. The van der Waals surface area contributed by atoms with Gasteiger partial charge in [0, 0.05) is 18.2 Å². The smallest absolute Gasteiger partial charge is 0.331 e. The highest BCUT2D eigenvalue weighted by atomic mass is 35.5. The van der Waals surface area contributed by atoms with Gasteiger partial charge in [-0.1, -0.05) is 11.6 Å². The second kappa shape index (κ2) is 8.23. The highest BCUT2D eigenvalue weighted by molar-refractivity contribution is 7.08. The lowest BCUT2D eigenvalue weighted by Crippen LogP contribution is -2.20. The maximum Gasteiger partial charge on any atom is 0.331 e. The summed E-state index contributed by atoms with van der Waals surface area (Å²) in [5.74, 6) is -1.27. The Morgan fingerprint density at radius 3 is 2.79 bits per heavy atom. The molecule has 2 aromatic rings. The van der Waals surface area contributed by atoms with Gasteiger partial charge >= 0.3 is 5.97 Å². The van der Waals surface area contributed by atoms with E-state index in [2.05, 4.69) is 5.32 Å². The zero-order valence-electron chi connectivity index (χ0n) is 12.1. The average Bonchev–Trinajstić information content (AvgIpc) is 3.06. The third-order valence-corrected chi connectivity index (χ3v) is 3.75. The molecular weight excluding hydrogens is 356 g/mol. The largest absolute Gasteiger partial charge is 0.452 e. The zero-order chi connectivity index (χ0) is 17.5. The molecular formula is C15H11ClN2O5S. The van der Waals surface area contributed by atoms with Crippen LogP contribution in [0.1, 0.15) is 5.56 Å². The molecule has 0 bridgehead atoms. The number of halogens is 1. The number of benzene rings is 1. The lowest BCUT2D eigenvalue weighted by Gasteiger charge is -2.07. The molecule has 0 aliphatic heterocycles. The van der Waals surface area contributed by atoms with Crippen LogP contribution in [-0.2, 0) is 14.3 Å². The van der Waals surface area contributed by atoms with Gasteiger partial charge in [-0.25, -0.2) is 4.79 Å². The fourth-order valence-electron chi connectivity index (χ4n) is 1.62. The number of ether oxygens (including phenoxy) is 1. The summed E-state index contributed by atoms with van der Waals surface area (Å²) in [4.78, 5) is 33.2. The van der Waals surface area contributed by atoms with E-state index in [1.807, 2.05) is 16.8 Å². The first-order valence-electron chi connectivity index (χ1n) is 6.56. The number of carbonyl (C=O) groups is 2. The lowest BCUT2D eigenvalue weighted by molar-refractivity contribution is -0.384. The molecule has 124 valence electrons. The summed E-state index contributed by atoms with van der Waals surface area (Å²) >= 11 is 7.34. The van der Waals surface area contributed by atoms with E-state index in [9.17, 15) is 19.7 Å². The SMILES string of the molecule is O=C(COC(=O)/C=C/c1ccsc1)Nc1ccc([N+](=O)[O-])cc1Cl. The Bertz CT molecular complexity index is 789. The first-order chi connectivity index (χ1) is 11.5. The average molecular weight is 367 g/mol. The molecule has 0 fully saturated rings. The highest BCUT2D eigenvalue weighted by Crippen LogP contribution is 2.26. The van der Waals surface area contributed by atoms with E-state index < -0.39 is 23.4 Å². The van der Waals surface area contributed by atoms with Crippen molar-refractivity contribution in [1.82, 2.24) is 0 Å². The number of rotatable bonds is 6. The maximum absolute atomic E-state index is 11.7. The molecule has 0 spiro atoms. The predicted molar refractivity (Wildman–Crippen MR) is 91.0 cm³/mol. The van der Waals surface area contributed by atoms with Crippen molar-refractivity contribution in [2.75, 3.05) is 11.9 Å². The number of hydrogen-bond donors (Lipinski definition) is 1. The Hall–Kier alpha value is -2.71. The van der Waals surface area contributed by atoms with Gasteiger partial charge in [0.05, 0.1) is 15.6 Å². The van der Waals surface area contributed by atoms with Crippen molar-refractivity contribution in [2.24, 2.45) is 0 Å². The molecule has 9 heteroatoms. The first-order valence-corrected chi connectivity index (χ1v) is 7.88. The molecule has 7 nitrogen and oxygen atoms in total. The van der Waals surface area contributed by atoms with Crippen LogP contribution in [0.3, 0.4) is 0 Å². The quantitative estimate of drug-likeness (QED) is 0.365. The van der Waals surface area contributed by atoms with Crippen LogP contribution in [0.25, 0.3) is 6.08 Å². The van der Waals surface area contributed by atoms with Crippen LogP contribution in [0.15, 0.2) is 41.1 Å². The monoisotopic (exact) mass is 366 g/mol. The van der Waals surface area contributed by atoms with Gasteiger partial charge in [0.1, 0.15) is 0 Å². The summed E-state index contributed by atoms with van der Waals surface area (Å²) in [7, 11) is 0. The summed E-state index contributed by atoms with van der Waals surface area (Å²) < 4.78 is 4.79. The van der Waals surface area contributed by atoms with Crippen molar-refractivity contribution in [2.45, 2.75) is 0 Å². The number of hydrogen-bond acceptors (Lipinski definition) is 6. The highest BCUT2D eigenvalue weighted by Gasteiger charge is 2.12. The molecule has 0 atom stereocenters. The predicted octanol–water partition coefficient (Wildman–Crippen LogP) is 3.50. The van der Waals surface area contributed by atoms with E-state index >= 15 is 0 Å². The second-order valence-corrected chi connectivity index (χ2v) is 5.65. The molecule has 1 N–H and O–H groups in total. The number of esters is 1. The van der Waals surface area contributed by atoms with Crippen LogP contribution in [0, 0.1) is 10.1 Å². The van der Waals surface area contributed by atoms with Crippen LogP contribution in [0.4, 0.5) is 11.4 Å². The third kappa shape index (κ3) is 5.18. The summed E-state index contributed by atoms with van der Waals surface area (Å²) in [6.45, 7) is -0.500. The summed E-state index contributed by atoms with van der Waals surface area (Å²) in [6.07, 6.45) is 2.79. The molecule has 0 aliphatic rings. The molecule has 1 heterocycles. The number of anilines is 1.